The Labute approximate surface area is 338 Å². The van der Waals surface area contributed by atoms with E-state index in [1.54, 1.807) is 0 Å². The van der Waals surface area contributed by atoms with E-state index in [-0.39, 0.29) is 28.9 Å². The van der Waals surface area contributed by atoms with Crippen molar-refractivity contribution >= 4 is 24.1 Å². The Morgan fingerprint density at radius 1 is 0.895 bits per heavy atom. The summed E-state index contributed by atoms with van der Waals surface area (Å²) in [5, 5.41) is 35.2. The molecule has 2 saturated carbocycles. The van der Waals surface area contributed by atoms with Crippen molar-refractivity contribution in [3.8, 4) is 5.75 Å². The molecule has 6 aliphatic rings. The van der Waals surface area contributed by atoms with Crippen LogP contribution in [0.1, 0.15) is 113 Å². The van der Waals surface area contributed by atoms with Crippen molar-refractivity contribution in [2.24, 2.45) is 41.2 Å². The number of hydrogen-bond donors (Lipinski definition) is 4. The summed E-state index contributed by atoms with van der Waals surface area (Å²) < 4.78 is 0. The minimum atomic E-state index is -0.754. The fraction of sp³-hybridized carbons (Fsp3) is 0.490. The molecule has 3 aromatic carbocycles. The molecule has 3 aromatic rings. The number of unbranched alkanes of at least 4 members (excludes halogenated alkanes) is 2. The lowest BCUT2D eigenvalue weighted by atomic mass is 9.54. The third kappa shape index (κ3) is 7.79. The molecule has 8 atom stereocenters. The molecule has 0 aliphatic heterocycles. The number of carboxylic acids is 1. The van der Waals surface area contributed by atoms with E-state index in [9.17, 15) is 24.9 Å². The summed E-state index contributed by atoms with van der Waals surface area (Å²) >= 11 is 0. The maximum atomic E-state index is 13.6. The smallest absolute Gasteiger partial charge is 0.307 e. The molecule has 57 heavy (non-hydrogen) atoms. The van der Waals surface area contributed by atoms with Crippen molar-refractivity contribution in [3.63, 3.8) is 0 Å². The van der Waals surface area contributed by atoms with E-state index in [1.807, 2.05) is 30.3 Å². The van der Waals surface area contributed by atoms with Crippen molar-refractivity contribution < 1.29 is 24.9 Å². The maximum Gasteiger partial charge on any atom is 0.307 e. The topological polar surface area (TPSA) is 121 Å². The van der Waals surface area contributed by atoms with Crippen molar-refractivity contribution in [1.82, 2.24) is 0 Å². The Morgan fingerprint density at radius 2 is 1.74 bits per heavy atom. The van der Waals surface area contributed by atoms with E-state index in [1.165, 1.54) is 28.6 Å². The van der Waals surface area contributed by atoms with E-state index >= 15 is 0 Å². The number of aromatic hydroxyl groups is 1. The third-order valence-electron chi connectivity index (χ3n) is 15.3. The summed E-state index contributed by atoms with van der Waals surface area (Å²) in [5.74, 6) is 0.129. The first kappa shape index (κ1) is 39.4. The number of aldehydes is 1. The van der Waals surface area contributed by atoms with Gasteiger partial charge in [-0.3, -0.25) is 4.79 Å². The number of phenols is 1. The van der Waals surface area contributed by atoms with Crippen molar-refractivity contribution in [3.05, 3.63) is 123 Å². The van der Waals surface area contributed by atoms with Gasteiger partial charge in [0.2, 0.25) is 0 Å². The van der Waals surface area contributed by atoms with Crippen molar-refractivity contribution in [1.29, 1.82) is 0 Å². The molecule has 300 valence electrons. The summed E-state index contributed by atoms with van der Waals surface area (Å²) in [6.07, 6.45) is 22.6. The van der Waals surface area contributed by atoms with Crippen LogP contribution in [0.25, 0.3) is 11.8 Å². The molecule has 9 rings (SSSR count). The van der Waals surface area contributed by atoms with E-state index in [0.717, 1.165) is 106 Å². The highest BCUT2D eigenvalue weighted by Crippen LogP contribution is 2.55. The van der Waals surface area contributed by atoms with Crippen LogP contribution in [0, 0.1) is 35.5 Å². The van der Waals surface area contributed by atoms with Gasteiger partial charge in [0.25, 0.3) is 0 Å². The number of allylic oxidation sites excluding steroid dienone is 3. The summed E-state index contributed by atoms with van der Waals surface area (Å²) in [5.41, 5.74) is 11.4. The molecule has 4 bridgehead atoms. The number of hydrogen-bond acceptors (Lipinski definition) is 5. The van der Waals surface area contributed by atoms with Crippen LogP contribution in [0.2, 0.25) is 0 Å². The Bertz CT molecular complexity index is 2130. The number of fused-ring (bicyclic) bond motifs is 6. The molecule has 0 unspecified atom stereocenters. The van der Waals surface area contributed by atoms with Gasteiger partial charge >= 0.3 is 5.97 Å². The highest BCUT2D eigenvalue weighted by Gasteiger charge is 2.51. The van der Waals surface area contributed by atoms with E-state index in [2.05, 4.69) is 60.7 Å². The first-order chi connectivity index (χ1) is 27.7. The Kier molecular flexibility index (Phi) is 11.6. The van der Waals surface area contributed by atoms with Crippen LogP contribution in [0.4, 0.5) is 0 Å². The average molecular weight is 768 g/mol. The van der Waals surface area contributed by atoms with E-state index in [4.69, 9.17) is 5.73 Å². The second kappa shape index (κ2) is 16.8. The zero-order chi connectivity index (χ0) is 39.6. The lowest BCUT2D eigenvalue weighted by Gasteiger charge is -2.49. The van der Waals surface area contributed by atoms with Gasteiger partial charge in [-0.25, -0.2) is 0 Å². The SMILES string of the molecule is NCCC1=C[C@@H]([C@@H](C=O)CCCCC[C@@H]2C/C3=C/C[C@@H](C(=O)O)[C@]4(CC[C@@H]5C=c6ccccc6=C(O)[C@H]5C4)c4cccc(c4)C[C@]2(c2ccc(O)cc2)CC3)CC1. The van der Waals surface area contributed by atoms with Gasteiger partial charge in [0.1, 0.15) is 17.8 Å². The number of carboxylic acid groups (broad SMARTS) is 1. The first-order valence-electron chi connectivity index (χ1n) is 21.9. The highest BCUT2D eigenvalue weighted by molar-refractivity contribution is 5.73. The number of aliphatic hydroxyl groups excluding tert-OH is 1. The molecule has 5 N–H and O–H groups in total. The molecular formula is C51H61NO5. The summed E-state index contributed by atoms with van der Waals surface area (Å²) in [4.78, 5) is 25.7. The summed E-state index contributed by atoms with van der Waals surface area (Å²) in [7, 11) is 0. The molecule has 6 heteroatoms. The molecule has 0 radical (unpaired) electrons. The van der Waals surface area contributed by atoms with Crippen molar-refractivity contribution in [2.75, 3.05) is 6.54 Å². The lowest BCUT2D eigenvalue weighted by molar-refractivity contribution is -0.145. The fourth-order valence-electron chi connectivity index (χ4n) is 12.2. The fourth-order valence-corrected chi connectivity index (χ4v) is 12.2. The predicted molar refractivity (Wildman–Crippen MR) is 227 cm³/mol. The quantitative estimate of drug-likeness (QED) is 0.0830. The summed E-state index contributed by atoms with van der Waals surface area (Å²) in [6, 6.07) is 24.8. The van der Waals surface area contributed by atoms with Crippen LogP contribution in [0.15, 0.2) is 96.1 Å². The number of benzene rings is 3. The molecular weight excluding hydrogens is 707 g/mol. The Balaban J connectivity index is 1.10. The largest absolute Gasteiger partial charge is 0.511 e. The predicted octanol–water partition coefficient (Wildman–Crippen LogP) is 8.97. The van der Waals surface area contributed by atoms with Crippen LogP contribution >= 0.6 is 0 Å². The molecule has 6 nitrogen and oxygen atoms in total. The van der Waals surface area contributed by atoms with Crippen LogP contribution in [-0.2, 0) is 26.8 Å². The zero-order valence-electron chi connectivity index (χ0n) is 33.5. The minimum absolute atomic E-state index is 0.0767. The monoisotopic (exact) mass is 767 g/mol. The van der Waals surface area contributed by atoms with Crippen LogP contribution in [0.3, 0.4) is 0 Å². The highest BCUT2D eigenvalue weighted by atomic mass is 16.4. The van der Waals surface area contributed by atoms with Crippen LogP contribution in [-0.4, -0.2) is 34.1 Å². The molecule has 0 amide bonds. The van der Waals surface area contributed by atoms with Crippen molar-refractivity contribution in [2.45, 2.75) is 114 Å². The Morgan fingerprint density at radius 3 is 2.54 bits per heavy atom. The number of rotatable bonds is 12. The van der Waals surface area contributed by atoms with Crippen LogP contribution in [0.5, 0.6) is 5.75 Å². The average Bonchev–Trinajstić information content (AvgIpc) is 3.68. The number of nitrogens with two attached hydrogens (primary N) is 1. The molecule has 0 heterocycles. The molecule has 6 aliphatic carbocycles. The molecule has 1 spiro atoms. The third-order valence-corrected chi connectivity index (χ3v) is 15.3. The first-order valence-corrected chi connectivity index (χ1v) is 21.9. The Hall–Kier alpha value is -4.42. The van der Waals surface area contributed by atoms with Gasteiger partial charge in [0.15, 0.2) is 0 Å². The number of carbonyl (C=O) groups excluding carboxylic acids is 1. The molecule has 0 saturated heterocycles. The number of phenolic OH excluding ortho intramolecular Hbond substituents is 1. The van der Waals surface area contributed by atoms with Gasteiger partial charge < -0.3 is 25.8 Å². The lowest BCUT2D eigenvalue weighted by Crippen LogP contribution is -2.49. The maximum absolute atomic E-state index is 13.6. The van der Waals surface area contributed by atoms with E-state index < -0.39 is 17.3 Å². The van der Waals surface area contributed by atoms with E-state index in [0.29, 0.717) is 37.0 Å². The number of aliphatic carboxylic acids is 1. The standard InChI is InChI=1S/C51H61NO5/c52-26-23-35-13-15-37(27-35)40(33-53)9-2-1-3-10-42-28-34-14-20-47(49(56)57)51(25-22-39-30-38-8-4-5-12-45(38)48(55)46(39)32-51)43-11-6-7-36(29-43)31-50(42,24-21-34)41-16-18-44(54)19-17-41/h4-8,11-12,14,16-19,27,29-30,33,37,39-40,42,46-47,54-55H,1-3,9-10,13,15,20-26,28,31-32,52H2,(H,56,57)/b34-14+/t37-,39+,40+,42+,46-,47-,50-,51-/m0/s1. The second-order valence-electron chi connectivity index (χ2n) is 18.3. The minimum Gasteiger partial charge on any atom is -0.511 e. The van der Waals surface area contributed by atoms with Gasteiger partial charge in [-0.05, 0) is 142 Å². The van der Waals surface area contributed by atoms with Gasteiger partial charge in [-0.1, -0.05) is 109 Å². The normalized spacial score (nSPS) is 30.8. The van der Waals surface area contributed by atoms with Gasteiger partial charge in [-0.15, -0.1) is 0 Å². The van der Waals surface area contributed by atoms with Crippen LogP contribution < -0.4 is 16.2 Å². The second-order valence-corrected chi connectivity index (χ2v) is 18.3. The van der Waals surface area contributed by atoms with Gasteiger partial charge in [-0.2, -0.15) is 0 Å². The number of aliphatic hydroxyl groups is 1. The van der Waals surface area contributed by atoms with Gasteiger partial charge in [0, 0.05) is 27.9 Å². The molecule has 0 aromatic heterocycles. The summed E-state index contributed by atoms with van der Waals surface area (Å²) in [6.45, 7) is 0.667. The van der Waals surface area contributed by atoms with Gasteiger partial charge in [0.05, 0.1) is 5.92 Å². The zero-order valence-corrected chi connectivity index (χ0v) is 33.5. The molecule has 2 fully saturated rings. The number of carbonyl (C=O) groups is 2.